The van der Waals surface area contributed by atoms with Crippen LogP contribution in [0.25, 0.3) is 0 Å². The van der Waals surface area contributed by atoms with Crippen molar-refractivity contribution in [1.29, 1.82) is 0 Å². The van der Waals surface area contributed by atoms with E-state index in [2.05, 4.69) is 23.6 Å². The first-order valence-corrected chi connectivity index (χ1v) is 10.6. The van der Waals surface area contributed by atoms with E-state index < -0.39 is 10.9 Å². The Morgan fingerprint density at radius 1 is 1.19 bits per heavy atom. The standard InChI is InChI=1S/C22H23N3O5S/c1-22(10-30-11-22)13-7-8-31-15(13)9-23-16-17(20(28)19(16)27)24-14-6-4-5-12(18(14)26)21(29)25(2)3/h4-8,23-24,26H,9-11H2,1-3H3. The Balaban J connectivity index is 1.55. The van der Waals surface area contributed by atoms with Gasteiger partial charge in [-0.3, -0.25) is 14.4 Å². The second-order valence-electron chi connectivity index (χ2n) is 8.10. The van der Waals surface area contributed by atoms with Crippen LogP contribution in [0.4, 0.5) is 17.1 Å². The summed E-state index contributed by atoms with van der Waals surface area (Å²) in [4.78, 5) is 39.0. The molecular formula is C22H23N3O5S. The summed E-state index contributed by atoms with van der Waals surface area (Å²) >= 11 is 1.58. The summed E-state index contributed by atoms with van der Waals surface area (Å²) in [5.41, 5.74) is 0.389. The molecule has 31 heavy (non-hydrogen) atoms. The molecule has 2 aromatic carbocycles. The van der Waals surface area contributed by atoms with Crippen molar-refractivity contribution < 1.29 is 14.6 Å². The van der Waals surface area contributed by atoms with Gasteiger partial charge in [-0.15, -0.1) is 11.3 Å². The predicted molar refractivity (Wildman–Crippen MR) is 121 cm³/mol. The molecular weight excluding hydrogens is 418 g/mol. The molecule has 8 nitrogen and oxygen atoms in total. The Hall–Kier alpha value is -3.17. The Morgan fingerprint density at radius 3 is 2.55 bits per heavy atom. The molecule has 1 amide bonds. The van der Waals surface area contributed by atoms with E-state index in [0.717, 1.165) is 4.88 Å². The van der Waals surface area contributed by atoms with E-state index in [4.69, 9.17) is 4.74 Å². The van der Waals surface area contributed by atoms with Crippen molar-refractivity contribution in [3.63, 3.8) is 0 Å². The first kappa shape index (κ1) is 21.1. The number of thiophene rings is 1. The van der Waals surface area contributed by atoms with Gasteiger partial charge in [0.2, 0.25) is 0 Å². The summed E-state index contributed by atoms with van der Waals surface area (Å²) < 4.78 is 5.36. The number of hydrogen-bond acceptors (Lipinski definition) is 8. The van der Waals surface area contributed by atoms with E-state index in [9.17, 15) is 19.5 Å². The SMILES string of the molecule is CN(C)C(=O)c1cccc(Nc2c(NCc3sccc3C3(C)COC3)c(=O)c2=O)c1O. The van der Waals surface area contributed by atoms with Gasteiger partial charge in [-0.05, 0) is 29.1 Å². The minimum atomic E-state index is -0.669. The van der Waals surface area contributed by atoms with Gasteiger partial charge in [0.1, 0.15) is 11.4 Å². The van der Waals surface area contributed by atoms with Crippen LogP contribution in [-0.2, 0) is 16.7 Å². The van der Waals surface area contributed by atoms with Crippen molar-refractivity contribution in [3.8, 4) is 5.75 Å². The van der Waals surface area contributed by atoms with Crippen molar-refractivity contribution in [1.82, 2.24) is 4.90 Å². The topological polar surface area (TPSA) is 108 Å². The number of carbonyl (C=O) groups is 1. The number of nitrogens with one attached hydrogen (secondary N) is 2. The van der Waals surface area contributed by atoms with Crippen molar-refractivity contribution in [2.75, 3.05) is 37.9 Å². The summed E-state index contributed by atoms with van der Waals surface area (Å²) in [5.74, 6) is -0.651. The van der Waals surface area contributed by atoms with Crippen LogP contribution in [0.1, 0.15) is 27.7 Å². The molecule has 1 aliphatic rings. The number of phenols is 1. The highest BCUT2D eigenvalue weighted by Gasteiger charge is 2.37. The van der Waals surface area contributed by atoms with E-state index in [1.54, 1.807) is 31.5 Å². The molecule has 162 valence electrons. The van der Waals surface area contributed by atoms with Crippen LogP contribution in [-0.4, -0.2) is 43.2 Å². The molecule has 0 radical (unpaired) electrons. The third kappa shape index (κ3) is 3.60. The lowest BCUT2D eigenvalue weighted by Crippen LogP contribution is -2.44. The van der Waals surface area contributed by atoms with Crippen molar-refractivity contribution >= 4 is 34.3 Å². The van der Waals surface area contributed by atoms with Gasteiger partial charge < -0.3 is 25.4 Å². The first-order chi connectivity index (χ1) is 14.7. The molecule has 0 atom stereocenters. The highest BCUT2D eigenvalue weighted by molar-refractivity contribution is 7.10. The Kier molecular flexibility index (Phi) is 5.32. The lowest BCUT2D eigenvalue weighted by Gasteiger charge is -2.38. The molecule has 0 spiro atoms. The smallest absolute Gasteiger partial charge is 0.257 e. The van der Waals surface area contributed by atoms with E-state index in [1.807, 2.05) is 5.38 Å². The van der Waals surface area contributed by atoms with Crippen LogP contribution < -0.4 is 21.5 Å². The van der Waals surface area contributed by atoms with Crippen molar-refractivity contribution in [3.05, 3.63) is 66.1 Å². The number of amides is 1. The lowest BCUT2D eigenvalue weighted by molar-refractivity contribution is -0.0501. The number of para-hydroxylation sites is 1. The number of ether oxygens (including phenoxy) is 1. The summed E-state index contributed by atoms with van der Waals surface area (Å²) in [5, 5.41) is 18.4. The Bertz CT molecular complexity index is 1220. The molecule has 1 aromatic heterocycles. The molecule has 3 aromatic rings. The highest BCUT2D eigenvalue weighted by atomic mass is 32.1. The minimum Gasteiger partial charge on any atom is -0.505 e. The van der Waals surface area contributed by atoms with Gasteiger partial charge in [0.05, 0.1) is 24.5 Å². The van der Waals surface area contributed by atoms with Crippen molar-refractivity contribution in [2.24, 2.45) is 0 Å². The van der Waals surface area contributed by atoms with Crippen LogP contribution in [0.3, 0.4) is 0 Å². The highest BCUT2D eigenvalue weighted by Crippen LogP contribution is 2.37. The van der Waals surface area contributed by atoms with Crippen LogP contribution in [0.2, 0.25) is 0 Å². The van der Waals surface area contributed by atoms with Gasteiger partial charge in [0, 0.05) is 30.9 Å². The monoisotopic (exact) mass is 441 g/mol. The maximum atomic E-state index is 12.2. The Labute approximate surface area is 182 Å². The van der Waals surface area contributed by atoms with Gasteiger partial charge in [-0.2, -0.15) is 0 Å². The molecule has 4 rings (SSSR count). The molecule has 9 heteroatoms. The maximum Gasteiger partial charge on any atom is 0.257 e. The van der Waals surface area contributed by atoms with Crippen LogP contribution >= 0.6 is 11.3 Å². The first-order valence-electron chi connectivity index (χ1n) is 9.75. The van der Waals surface area contributed by atoms with Gasteiger partial charge in [0.25, 0.3) is 16.8 Å². The number of carbonyl (C=O) groups excluding carboxylic acids is 1. The van der Waals surface area contributed by atoms with Crippen molar-refractivity contribution in [2.45, 2.75) is 18.9 Å². The zero-order chi connectivity index (χ0) is 22.3. The molecule has 0 saturated carbocycles. The second-order valence-corrected chi connectivity index (χ2v) is 9.10. The fourth-order valence-electron chi connectivity index (χ4n) is 3.62. The second kappa shape index (κ2) is 7.82. The predicted octanol–water partition coefficient (Wildman–Crippen LogP) is 2.40. The number of aromatic hydroxyl groups is 1. The average Bonchev–Trinajstić information content (AvgIpc) is 3.20. The zero-order valence-corrected chi connectivity index (χ0v) is 18.3. The quantitative estimate of drug-likeness (QED) is 0.382. The van der Waals surface area contributed by atoms with E-state index in [-0.39, 0.29) is 39.7 Å². The average molecular weight is 442 g/mol. The third-order valence-corrected chi connectivity index (χ3v) is 6.43. The van der Waals surface area contributed by atoms with Crippen LogP contribution in [0.5, 0.6) is 5.75 Å². The van der Waals surface area contributed by atoms with Gasteiger partial charge >= 0.3 is 0 Å². The number of rotatable bonds is 7. The van der Waals surface area contributed by atoms with Crippen LogP contribution in [0, 0.1) is 0 Å². The van der Waals surface area contributed by atoms with Gasteiger partial charge in [0.15, 0.2) is 5.75 Å². The maximum absolute atomic E-state index is 12.2. The molecule has 1 fully saturated rings. The summed E-state index contributed by atoms with van der Waals surface area (Å²) in [6, 6.07) is 6.69. The largest absolute Gasteiger partial charge is 0.505 e. The molecule has 3 N–H and O–H groups in total. The molecule has 0 unspecified atom stereocenters. The fraction of sp³-hybridized carbons (Fsp3) is 0.318. The van der Waals surface area contributed by atoms with Crippen LogP contribution in [0.15, 0.2) is 39.2 Å². The molecule has 0 aliphatic carbocycles. The normalized spacial score (nSPS) is 14.8. The third-order valence-electron chi connectivity index (χ3n) is 5.51. The molecule has 1 aliphatic heterocycles. The van der Waals surface area contributed by atoms with Gasteiger partial charge in [-0.1, -0.05) is 13.0 Å². The molecule has 1 saturated heterocycles. The summed E-state index contributed by atoms with van der Waals surface area (Å²) in [6.07, 6.45) is 0. The number of anilines is 3. The molecule has 2 heterocycles. The summed E-state index contributed by atoms with van der Waals surface area (Å²) in [7, 11) is 3.16. The number of nitrogens with zero attached hydrogens (tertiary/aromatic N) is 1. The van der Waals surface area contributed by atoms with E-state index in [0.29, 0.717) is 19.8 Å². The fourth-order valence-corrected chi connectivity index (χ4v) is 4.59. The molecule has 0 bridgehead atoms. The van der Waals surface area contributed by atoms with E-state index >= 15 is 0 Å². The minimum absolute atomic E-state index is 0.0306. The lowest BCUT2D eigenvalue weighted by atomic mass is 9.81. The zero-order valence-electron chi connectivity index (χ0n) is 17.4. The number of phenolic OH excluding ortho intramolecular Hbond substituents is 1. The van der Waals surface area contributed by atoms with E-state index in [1.165, 1.54) is 22.6 Å². The number of hydrogen-bond donors (Lipinski definition) is 3. The summed E-state index contributed by atoms with van der Waals surface area (Å²) in [6.45, 7) is 3.85. The number of benzene rings is 1. The Morgan fingerprint density at radius 2 is 1.90 bits per heavy atom. The van der Waals surface area contributed by atoms with Gasteiger partial charge in [-0.25, -0.2) is 0 Å².